The molecule has 0 atom stereocenters. The Bertz CT molecular complexity index is 1200. The Morgan fingerprint density at radius 2 is 1.73 bits per heavy atom. The summed E-state index contributed by atoms with van der Waals surface area (Å²) in [4.78, 5) is 12.8. The molecule has 0 spiro atoms. The largest absolute Gasteiger partial charge is 0.497 e. The van der Waals surface area contributed by atoms with E-state index in [9.17, 15) is 13.2 Å². The van der Waals surface area contributed by atoms with Gasteiger partial charge < -0.3 is 14.8 Å². The molecule has 7 nitrogen and oxygen atoms in total. The Balaban J connectivity index is 1.82. The molecule has 1 N–H and O–H groups in total. The van der Waals surface area contributed by atoms with Crippen molar-refractivity contribution in [1.29, 1.82) is 0 Å². The minimum Gasteiger partial charge on any atom is -0.497 e. The van der Waals surface area contributed by atoms with Crippen LogP contribution in [0.2, 0.25) is 5.02 Å². The zero-order chi connectivity index (χ0) is 23.8. The number of carbonyl (C=O) groups is 1. The van der Waals surface area contributed by atoms with Gasteiger partial charge in [-0.15, -0.1) is 0 Å². The van der Waals surface area contributed by atoms with Crippen LogP contribution in [0, 0.1) is 0 Å². The minimum absolute atomic E-state index is 0.0282. The fourth-order valence-corrected chi connectivity index (χ4v) is 4.72. The average Bonchev–Trinajstić information content (AvgIpc) is 2.81. The van der Waals surface area contributed by atoms with Crippen LogP contribution in [0.1, 0.15) is 12.5 Å². The maximum absolute atomic E-state index is 13.4. The van der Waals surface area contributed by atoms with E-state index in [0.29, 0.717) is 23.1 Å². The molecule has 0 aliphatic rings. The van der Waals surface area contributed by atoms with Gasteiger partial charge in [0, 0.05) is 11.6 Å². The van der Waals surface area contributed by atoms with E-state index in [1.807, 2.05) is 31.2 Å². The van der Waals surface area contributed by atoms with Gasteiger partial charge >= 0.3 is 0 Å². The molecule has 0 aliphatic heterocycles. The lowest BCUT2D eigenvalue weighted by Crippen LogP contribution is -2.40. The van der Waals surface area contributed by atoms with Crippen molar-refractivity contribution < 1.29 is 22.7 Å². The number of ether oxygens (including phenoxy) is 2. The van der Waals surface area contributed by atoms with Crippen molar-refractivity contribution in [3.8, 4) is 11.5 Å². The molecular weight excluding hydrogens is 464 g/mol. The molecule has 9 heteroatoms. The quantitative estimate of drug-likeness (QED) is 0.461. The highest BCUT2D eigenvalue weighted by atomic mass is 35.5. The zero-order valence-corrected chi connectivity index (χ0v) is 19.9. The van der Waals surface area contributed by atoms with Gasteiger partial charge in [0.05, 0.1) is 24.3 Å². The Morgan fingerprint density at radius 1 is 1.00 bits per heavy atom. The third-order valence-corrected chi connectivity index (χ3v) is 6.75. The van der Waals surface area contributed by atoms with E-state index in [0.717, 1.165) is 9.87 Å². The second-order valence-corrected chi connectivity index (χ2v) is 9.32. The normalized spacial score (nSPS) is 11.0. The molecule has 3 rings (SSSR count). The first-order chi connectivity index (χ1) is 15.8. The number of amides is 1. The van der Waals surface area contributed by atoms with Crippen LogP contribution in [-0.4, -0.2) is 34.6 Å². The molecule has 0 fully saturated rings. The minimum atomic E-state index is -4.05. The van der Waals surface area contributed by atoms with Crippen molar-refractivity contribution in [3.05, 3.63) is 83.4 Å². The fraction of sp³-hybridized carbons (Fsp3) is 0.208. The molecule has 0 radical (unpaired) electrons. The number of nitrogens with one attached hydrogen (secondary N) is 1. The Morgan fingerprint density at radius 3 is 2.39 bits per heavy atom. The number of carbonyl (C=O) groups excluding carboxylic acids is 1. The highest BCUT2D eigenvalue weighted by Crippen LogP contribution is 2.27. The van der Waals surface area contributed by atoms with Crippen molar-refractivity contribution >= 4 is 33.2 Å². The molecule has 3 aromatic rings. The summed E-state index contributed by atoms with van der Waals surface area (Å²) in [5, 5.41) is 3.13. The Hall–Kier alpha value is -3.23. The summed E-state index contributed by atoms with van der Waals surface area (Å²) in [7, 11) is -2.55. The molecule has 0 unspecified atom stereocenters. The molecule has 3 aromatic carbocycles. The number of rotatable bonds is 10. The molecule has 0 aromatic heterocycles. The van der Waals surface area contributed by atoms with E-state index >= 15 is 0 Å². The predicted molar refractivity (Wildman–Crippen MR) is 128 cm³/mol. The third kappa shape index (κ3) is 6.40. The Labute approximate surface area is 198 Å². The van der Waals surface area contributed by atoms with Gasteiger partial charge in [-0.3, -0.25) is 9.10 Å². The van der Waals surface area contributed by atoms with Crippen molar-refractivity contribution in [2.45, 2.75) is 18.4 Å². The van der Waals surface area contributed by atoms with Crippen LogP contribution in [0.15, 0.2) is 77.7 Å². The van der Waals surface area contributed by atoms with E-state index in [-0.39, 0.29) is 17.1 Å². The average molecular weight is 489 g/mol. The van der Waals surface area contributed by atoms with Crippen LogP contribution >= 0.6 is 11.6 Å². The molecule has 0 saturated heterocycles. The number of benzene rings is 3. The third-order valence-electron chi connectivity index (χ3n) is 4.73. The first-order valence-corrected chi connectivity index (χ1v) is 12.1. The lowest BCUT2D eigenvalue weighted by Gasteiger charge is -2.24. The van der Waals surface area contributed by atoms with Gasteiger partial charge in [0.25, 0.3) is 10.0 Å². The lowest BCUT2D eigenvalue weighted by atomic mass is 10.2. The molecule has 174 valence electrons. The van der Waals surface area contributed by atoms with Crippen molar-refractivity contribution in [1.82, 2.24) is 5.32 Å². The highest BCUT2D eigenvalue weighted by molar-refractivity contribution is 7.92. The molecule has 0 saturated carbocycles. The van der Waals surface area contributed by atoms with Crippen LogP contribution in [0.3, 0.4) is 0 Å². The monoisotopic (exact) mass is 488 g/mol. The van der Waals surface area contributed by atoms with E-state index in [1.54, 1.807) is 30.3 Å². The number of sulfonamides is 1. The van der Waals surface area contributed by atoms with Gasteiger partial charge in [0.2, 0.25) is 5.91 Å². The van der Waals surface area contributed by atoms with Crippen LogP contribution in [0.25, 0.3) is 0 Å². The molecule has 0 heterocycles. The summed E-state index contributed by atoms with van der Waals surface area (Å²) in [6.45, 7) is 2.24. The maximum atomic E-state index is 13.4. The first-order valence-electron chi connectivity index (χ1n) is 10.2. The molecule has 0 aliphatic carbocycles. The molecular formula is C24H25ClN2O5S. The van der Waals surface area contributed by atoms with E-state index in [2.05, 4.69) is 5.32 Å². The topological polar surface area (TPSA) is 84.9 Å². The van der Waals surface area contributed by atoms with Gasteiger partial charge in [0.15, 0.2) is 0 Å². The number of nitrogens with zero attached hydrogens (tertiary/aromatic N) is 1. The van der Waals surface area contributed by atoms with Crippen LogP contribution in [0.4, 0.5) is 5.69 Å². The number of hydrogen-bond donors (Lipinski definition) is 1. The van der Waals surface area contributed by atoms with E-state index < -0.39 is 22.5 Å². The highest BCUT2D eigenvalue weighted by Gasteiger charge is 2.27. The number of methoxy groups -OCH3 is 1. The van der Waals surface area contributed by atoms with E-state index in [4.69, 9.17) is 21.1 Å². The number of hydrogen-bond acceptors (Lipinski definition) is 5. The summed E-state index contributed by atoms with van der Waals surface area (Å²) in [6, 6.07) is 19.7. The maximum Gasteiger partial charge on any atom is 0.264 e. The molecule has 33 heavy (non-hydrogen) atoms. The van der Waals surface area contributed by atoms with Gasteiger partial charge in [-0.05, 0) is 67.1 Å². The van der Waals surface area contributed by atoms with E-state index in [1.165, 1.54) is 25.3 Å². The smallest absolute Gasteiger partial charge is 0.264 e. The van der Waals surface area contributed by atoms with Gasteiger partial charge in [-0.1, -0.05) is 29.8 Å². The first kappa shape index (κ1) is 24.4. The van der Waals surface area contributed by atoms with Crippen molar-refractivity contribution in [2.24, 2.45) is 0 Å². The fourth-order valence-electron chi connectivity index (χ4n) is 3.12. The summed E-state index contributed by atoms with van der Waals surface area (Å²) in [5.74, 6) is 0.760. The number of anilines is 1. The SMILES string of the molecule is CCOc1cccc(CNC(=O)CN(c2cccc(Cl)c2)S(=O)(=O)c2ccc(OC)cc2)c1. The van der Waals surface area contributed by atoms with Gasteiger partial charge in [-0.2, -0.15) is 0 Å². The summed E-state index contributed by atoms with van der Waals surface area (Å²) in [5.41, 5.74) is 1.12. The van der Waals surface area contributed by atoms with Gasteiger partial charge in [-0.25, -0.2) is 8.42 Å². The van der Waals surface area contributed by atoms with Gasteiger partial charge in [0.1, 0.15) is 18.0 Å². The second-order valence-electron chi connectivity index (χ2n) is 7.02. The second kappa shape index (κ2) is 11.1. The molecule has 0 bridgehead atoms. The standard InChI is InChI=1S/C24H25ClN2O5S/c1-3-32-22-9-4-6-18(14-22)16-26-24(28)17-27(20-8-5-7-19(25)15-20)33(29,30)23-12-10-21(31-2)11-13-23/h4-15H,3,16-17H2,1-2H3,(H,26,28). The van der Waals surface area contributed by atoms with Crippen molar-refractivity contribution in [2.75, 3.05) is 24.6 Å². The van der Waals surface area contributed by atoms with Crippen LogP contribution < -0.4 is 19.1 Å². The van der Waals surface area contributed by atoms with Crippen molar-refractivity contribution in [3.63, 3.8) is 0 Å². The molecule has 1 amide bonds. The zero-order valence-electron chi connectivity index (χ0n) is 18.3. The summed E-state index contributed by atoms with van der Waals surface area (Å²) in [6.07, 6.45) is 0. The summed E-state index contributed by atoms with van der Waals surface area (Å²) >= 11 is 6.09. The summed E-state index contributed by atoms with van der Waals surface area (Å²) < 4.78 is 38.4. The van der Waals surface area contributed by atoms with Crippen LogP contribution in [0.5, 0.6) is 11.5 Å². The Kier molecular flexibility index (Phi) is 8.19. The lowest BCUT2D eigenvalue weighted by molar-refractivity contribution is -0.119. The number of halogens is 1. The predicted octanol–water partition coefficient (Wildman–Crippen LogP) is 4.26. The van der Waals surface area contributed by atoms with Crippen LogP contribution in [-0.2, 0) is 21.4 Å².